The minimum atomic E-state index is -0.868. The van der Waals surface area contributed by atoms with Crippen LogP contribution in [0.15, 0.2) is 9.64 Å². The largest absolute Gasteiger partial charge is 0.416 e. The van der Waals surface area contributed by atoms with Gasteiger partial charge < -0.3 is 15.9 Å². The molecule has 2 rings (SSSR count). The van der Waals surface area contributed by atoms with Crippen LogP contribution in [0.3, 0.4) is 0 Å². The summed E-state index contributed by atoms with van der Waals surface area (Å²) < 4.78 is 5.26. The van der Waals surface area contributed by atoms with Crippen LogP contribution in [0, 0.1) is 6.92 Å². The Bertz CT molecular complexity index is 408. The molecule has 1 aliphatic rings. The molecule has 1 aromatic rings. The average Bonchev–Trinajstić information content (AvgIpc) is 2.75. The van der Waals surface area contributed by atoms with Crippen molar-refractivity contribution in [1.82, 2.24) is 10.2 Å². The molecule has 16 heavy (non-hydrogen) atoms. The summed E-state index contributed by atoms with van der Waals surface area (Å²) in [6.45, 7) is 1.74. The number of aryl methyl sites for hydroxylation is 1. The molecular formula is C9H14N4O2S. The highest BCUT2D eigenvalue weighted by Crippen LogP contribution is 2.38. The maximum absolute atomic E-state index is 11.2. The van der Waals surface area contributed by atoms with E-state index in [1.54, 1.807) is 6.92 Å². The number of rotatable bonds is 3. The number of thioether (sulfide) groups is 1. The molecule has 4 N–H and O–H groups in total. The fourth-order valence-corrected chi connectivity index (χ4v) is 2.98. The van der Waals surface area contributed by atoms with Crippen molar-refractivity contribution in [3.8, 4) is 0 Å². The van der Waals surface area contributed by atoms with Gasteiger partial charge in [0.05, 0.1) is 5.54 Å². The summed E-state index contributed by atoms with van der Waals surface area (Å²) in [5, 5.41) is 8.37. The summed E-state index contributed by atoms with van der Waals surface area (Å²) in [6, 6.07) is 0. The molecule has 7 heteroatoms. The van der Waals surface area contributed by atoms with Crippen molar-refractivity contribution in [2.24, 2.45) is 11.5 Å². The number of carbonyl (C=O) groups is 1. The highest BCUT2D eigenvalue weighted by atomic mass is 32.2. The van der Waals surface area contributed by atoms with Gasteiger partial charge in [-0.2, -0.15) is 0 Å². The molecule has 1 aliphatic carbocycles. The van der Waals surface area contributed by atoms with E-state index in [1.165, 1.54) is 11.8 Å². The van der Waals surface area contributed by atoms with Gasteiger partial charge >= 0.3 is 0 Å². The minimum absolute atomic E-state index is 0.220. The van der Waals surface area contributed by atoms with Crippen LogP contribution in [0.25, 0.3) is 0 Å². The second-order valence-electron chi connectivity index (χ2n) is 4.09. The molecule has 0 spiro atoms. The highest BCUT2D eigenvalue weighted by molar-refractivity contribution is 7.99. The summed E-state index contributed by atoms with van der Waals surface area (Å²) in [7, 11) is 0. The lowest BCUT2D eigenvalue weighted by atomic mass is 9.99. The van der Waals surface area contributed by atoms with E-state index in [0.29, 0.717) is 24.0 Å². The monoisotopic (exact) mass is 242 g/mol. The Morgan fingerprint density at radius 3 is 2.88 bits per heavy atom. The van der Waals surface area contributed by atoms with Gasteiger partial charge in [0.25, 0.3) is 5.22 Å². The molecule has 1 saturated carbocycles. The van der Waals surface area contributed by atoms with E-state index in [2.05, 4.69) is 10.2 Å². The smallest absolute Gasteiger partial charge is 0.276 e. The summed E-state index contributed by atoms with van der Waals surface area (Å²) >= 11 is 1.46. The third kappa shape index (κ3) is 2.19. The molecule has 0 saturated heterocycles. The molecular weight excluding hydrogens is 228 g/mol. The minimum Gasteiger partial charge on any atom is -0.416 e. The molecule has 0 radical (unpaired) electrons. The Balaban J connectivity index is 1.97. The van der Waals surface area contributed by atoms with Crippen molar-refractivity contribution < 1.29 is 9.21 Å². The van der Waals surface area contributed by atoms with E-state index in [4.69, 9.17) is 15.9 Å². The van der Waals surface area contributed by atoms with Gasteiger partial charge in [-0.25, -0.2) is 0 Å². The zero-order valence-electron chi connectivity index (χ0n) is 8.97. The van der Waals surface area contributed by atoms with Gasteiger partial charge in [0, 0.05) is 12.2 Å². The first-order chi connectivity index (χ1) is 7.49. The zero-order valence-corrected chi connectivity index (χ0v) is 9.79. The maximum atomic E-state index is 11.2. The van der Waals surface area contributed by atoms with E-state index < -0.39 is 11.4 Å². The first-order valence-electron chi connectivity index (χ1n) is 5.05. The number of primary amides is 1. The van der Waals surface area contributed by atoms with Crippen molar-refractivity contribution in [2.75, 3.05) is 0 Å². The number of carbonyl (C=O) groups excluding carboxylic acids is 1. The van der Waals surface area contributed by atoms with Crippen molar-refractivity contribution >= 4 is 17.7 Å². The summed E-state index contributed by atoms with van der Waals surface area (Å²) in [4.78, 5) is 11.2. The Kier molecular flexibility index (Phi) is 2.90. The molecule has 88 valence electrons. The van der Waals surface area contributed by atoms with Crippen LogP contribution in [0.5, 0.6) is 0 Å². The number of amides is 1. The number of nitrogens with zero attached hydrogens (tertiary/aromatic N) is 2. The van der Waals surface area contributed by atoms with Crippen molar-refractivity contribution in [2.45, 2.75) is 42.2 Å². The number of nitrogens with two attached hydrogens (primary N) is 2. The summed E-state index contributed by atoms with van der Waals surface area (Å²) in [6.07, 6.45) is 2.02. The van der Waals surface area contributed by atoms with Crippen molar-refractivity contribution in [3.05, 3.63) is 5.89 Å². The van der Waals surface area contributed by atoms with Crippen molar-refractivity contribution in [1.29, 1.82) is 0 Å². The lowest BCUT2D eigenvalue weighted by Gasteiger charge is -2.18. The van der Waals surface area contributed by atoms with Gasteiger partial charge in [-0.3, -0.25) is 4.79 Å². The van der Waals surface area contributed by atoms with Crippen LogP contribution in [0.1, 0.15) is 25.2 Å². The average molecular weight is 242 g/mol. The lowest BCUT2D eigenvalue weighted by molar-refractivity contribution is -0.122. The quantitative estimate of drug-likeness (QED) is 0.784. The molecule has 6 nitrogen and oxygen atoms in total. The molecule has 1 heterocycles. The van der Waals surface area contributed by atoms with Crippen LogP contribution in [-0.2, 0) is 4.79 Å². The van der Waals surface area contributed by atoms with Crippen LogP contribution in [-0.4, -0.2) is 26.9 Å². The molecule has 0 aliphatic heterocycles. The lowest BCUT2D eigenvalue weighted by Crippen LogP contribution is -2.50. The highest BCUT2D eigenvalue weighted by Gasteiger charge is 2.41. The fourth-order valence-electron chi connectivity index (χ4n) is 1.82. The van der Waals surface area contributed by atoms with Gasteiger partial charge in [-0.05, 0) is 19.3 Å². The standard InChI is InChI=1S/C9H14N4O2S/c1-5-12-13-8(15-5)16-6-2-3-9(11,4-6)7(10)14/h6H,2-4,11H2,1H3,(H2,10,14). The SMILES string of the molecule is Cc1nnc(SC2CCC(N)(C(N)=O)C2)o1. The number of hydrogen-bond acceptors (Lipinski definition) is 6. The first-order valence-corrected chi connectivity index (χ1v) is 5.93. The fraction of sp³-hybridized carbons (Fsp3) is 0.667. The predicted octanol–water partition coefficient (Wildman–Crippen LogP) is 0.205. The Morgan fingerprint density at radius 1 is 1.62 bits per heavy atom. The van der Waals surface area contributed by atoms with Gasteiger partial charge in [-0.1, -0.05) is 11.8 Å². The van der Waals surface area contributed by atoms with E-state index >= 15 is 0 Å². The molecule has 1 aromatic heterocycles. The summed E-state index contributed by atoms with van der Waals surface area (Å²) in [5.41, 5.74) is 10.3. The van der Waals surface area contributed by atoms with E-state index in [1.807, 2.05) is 0 Å². The number of aromatic nitrogens is 2. The third-order valence-electron chi connectivity index (χ3n) is 2.77. The van der Waals surface area contributed by atoms with E-state index in [9.17, 15) is 4.79 Å². The number of hydrogen-bond donors (Lipinski definition) is 2. The third-order valence-corrected chi connectivity index (χ3v) is 3.87. The van der Waals surface area contributed by atoms with E-state index in [0.717, 1.165) is 6.42 Å². The second-order valence-corrected chi connectivity index (χ2v) is 5.34. The molecule has 1 fully saturated rings. The molecule has 0 bridgehead atoms. The Hall–Kier alpha value is -1.08. The first kappa shape index (κ1) is 11.4. The molecule has 2 unspecified atom stereocenters. The summed E-state index contributed by atoms with van der Waals surface area (Å²) in [5.74, 6) is 0.103. The van der Waals surface area contributed by atoms with Crippen molar-refractivity contribution in [3.63, 3.8) is 0 Å². The van der Waals surface area contributed by atoms with Crippen LogP contribution in [0.2, 0.25) is 0 Å². The molecule has 0 aromatic carbocycles. The second kappa shape index (κ2) is 4.06. The van der Waals surface area contributed by atoms with Gasteiger partial charge in [0.15, 0.2) is 0 Å². The van der Waals surface area contributed by atoms with E-state index in [-0.39, 0.29) is 5.25 Å². The zero-order chi connectivity index (χ0) is 11.8. The molecule has 2 atom stereocenters. The van der Waals surface area contributed by atoms with Crippen LogP contribution < -0.4 is 11.5 Å². The van der Waals surface area contributed by atoms with Gasteiger partial charge in [0.2, 0.25) is 11.8 Å². The topological polar surface area (TPSA) is 108 Å². The maximum Gasteiger partial charge on any atom is 0.276 e. The van der Waals surface area contributed by atoms with Gasteiger partial charge in [0.1, 0.15) is 0 Å². The normalized spacial score (nSPS) is 29.5. The Morgan fingerprint density at radius 2 is 2.38 bits per heavy atom. The molecule has 1 amide bonds. The van der Waals surface area contributed by atoms with Crippen LogP contribution in [0.4, 0.5) is 0 Å². The van der Waals surface area contributed by atoms with Gasteiger partial charge in [-0.15, -0.1) is 10.2 Å². The van der Waals surface area contributed by atoms with Crippen LogP contribution >= 0.6 is 11.8 Å². The Labute approximate surface area is 97.1 Å². The predicted molar refractivity (Wildman–Crippen MR) is 58.6 cm³/mol.